The predicted octanol–water partition coefficient (Wildman–Crippen LogP) is 4.31. The fourth-order valence-electron chi connectivity index (χ4n) is 3.36. The molecule has 2 aromatic carbocycles. The van der Waals surface area contributed by atoms with Crippen molar-refractivity contribution in [2.45, 2.75) is 37.7 Å². The van der Waals surface area contributed by atoms with Gasteiger partial charge in [-0.15, -0.1) is 6.58 Å². The Morgan fingerprint density at radius 2 is 1.87 bits per heavy atom. The highest BCUT2D eigenvalue weighted by Crippen LogP contribution is 2.40. The number of ether oxygens (including phenoxy) is 2. The van der Waals surface area contributed by atoms with Gasteiger partial charge >= 0.3 is 6.09 Å². The lowest BCUT2D eigenvalue weighted by Crippen LogP contribution is -2.48. The predicted molar refractivity (Wildman–Crippen MR) is 134 cm³/mol. The van der Waals surface area contributed by atoms with E-state index in [9.17, 15) is 31.2 Å². The number of alkyl halides is 2. The van der Waals surface area contributed by atoms with E-state index in [4.69, 9.17) is 9.47 Å². The Bertz CT molecular complexity index is 1320. The molecule has 1 heterocycles. The zero-order valence-corrected chi connectivity index (χ0v) is 21.8. The summed E-state index contributed by atoms with van der Waals surface area (Å²) >= 11 is 0. The maximum atomic E-state index is 14.3. The van der Waals surface area contributed by atoms with Crippen molar-refractivity contribution >= 4 is 33.4 Å². The zero-order valence-electron chi connectivity index (χ0n) is 21.0. The lowest BCUT2D eigenvalue weighted by atomic mass is 9.86. The van der Waals surface area contributed by atoms with Crippen LogP contribution in [-0.2, 0) is 19.6 Å². The number of rotatable bonds is 9. The summed E-state index contributed by atoms with van der Waals surface area (Å²) in [5.41, 5.74) is -1.55. The summed E-state index contributed by atoms with van der Waals surface area (Å²) in [5.74, 6) is -4.23. The number of nitrogens with zero attached hydrogens (tertiary/aromatic N) is 1. The fraction of sp³-hybridized carbons (Fsp3) is 0.360. The van der Waals surface area contributed by atoms with Crippen LogP contribution in [0.4, 0.5) is 29.3 Å². The van der Waals surface area contributed by atoms with Gasteiger partial charge in [0.05, 0.1) is 23.7 Å². The molecule has 1 atom stereocenters. The van der Waals surface area contributed by atoms with E-state index in [0.29, 0.717) is 0 Å². The standard InChI is InChI=1S/C25H28F3N3O6S/c1-5-24(3,4)25(27,28)15-36-23(33)30-18-8-11-22-21(12-18)31(14-19(37-22)13-29-16(2)32)38(34,35)20-9-6-17(26)7-10-20/h5-12,19H,1,13-15H2,2-4H3,(H,29,32)(H,30,33)/t19-/m0/s1. The van der Waals surface area contributed by atoms with Crippen LogP contribution in [0.2, 0.25) is 0 Å². The first kappa shape index (κ1) is 28.8. The van der Waals surface area contributed by atoms with Crippen LogP contribution >= 0.6 is 0 Å². The molecule has 0 aromatic heterocycles. The largest absolute Gasteiger partial charge is 0.484 e. The van der Waals surface area contributed by atoms with Crippen molar-refractivity contribution in [3.63, 3.8) is 0 Å². The maximum absolute atomic E-state index is 14.3. The molecule has 2 amide bonds. The summed E-state index contributed by atoms with van der Waals surface area (Å²) in [6.07, 6.45) is -0.883. The Kier molecular flexibility index (Phi) is 8.30. The van der Waals surface area contributed by atoms with E-state index >= 15 is 0 Å². The number of hydrogen-bond donors (Lipinski definition) is 2. The normalized spacial score (nSPS) is 15.6. The van der Waals surface area contributed by atoms with E-state index in [0.717, 1.165) is 34.6 Å². The van der Waals surface area contributed by atoms with Crippen molar-refractivity contribution in [2.75, 3.05) is 29.3 Å². The number of amides is 2. The molecule has 2 aromatic rings. The quantitative estimate of drug-likeness (QED) is 0.446. The molecule has 1 aliphatic heterocycles. The molecule has 206 valence electrons. The molecular weight excluding hydrogens is 527 g/mol. The van der Waals surface area contributed by atoms with Crippen LogP contribution in [0.25, 0.3) is 0 Å². The summed E-state index contributed by atoms with van der Waals surface area (Å²) < 4.78 is 80.6. The summed E-state index contributed by atoms with van der Waals surface area (Å²) in [6, 6.07) is 8.24. The number of sulfonamides is 1. The van der Waals surface area contributed by atoms with E-state index in [1.54, 1.807) is 0 Å². The Morgan fingerprint density at radius 3 is 2.47 bits per heavy atom. The van der Waals surface area contributed by atoms with Crippen molar-refractivity contribution in [1.29, 1.82) is 0 Å². The van der Waals surface area contributed by atoms with Crippen molar-refractivity contribution in [3.8, 4) is 5.75 Å². The van der Waals surface area contributed by atoms with Crippen LogP contribution in [0.15, 0.2) is 60.0 Å². The van der Waals surface area contributed by atoms with E-state index in [1.807, 2.05) is 0 Å². The molecular formula is C25H28F3N3O6S. The van der Waals surface area contributed by atoms with Gasteiger partial charge in [-0.1, -0.05) is 19.9 Å². The molecule has 0 saturated heterocycles. The summed E-state index contributed by atoms with van der Waals surface area (Å²) in [6.45, 7) is 5.75. The van der Waals surface area contributed by atoms with E-state index in [2.05, 4.69) is 17.2 Å². The van der Waals surface area contributed by atoms with Crippen LogP contribution in [0.1, 0.15) is 20.8 Å². The third-order valence-electron chi connectivity index (χ3n) is 5.95. The van der Waals surface area contributed by atoms with Crippen molar-refractivity contribution in [3.05, 3.63) is 60.9 Å². The minimum Gasteiger partial charge on any atom is -0.484 e. The monoisotopic (exact) mass is 555 g/mol. The van der Waals surface area contributed by atoms with E-state index < -0.39 is 46.0 Å². The zero-order chi connectivity index (χ0) is 28.3. The van der Waals surface area contributed by atoms with Gasteiger partial charge in [-0.2, -0.15) is 0 Å². The molecule has 13 heteroatoms. The molecule has 0 bridgehead atoms. The summed E-state index contributed by atoms with van der Waals surface area (Å²) in [5, 5.41) is 4.87. The van der Waals surface area contributed by atoms with Crippen LogP contribution in [0.3, 0.4) is 0 Å². The van der Waals surface area contributed by atoms with Crippen molar-refractivity contribution in [2.24, 2.45) is 5.41 Å². The summed E-state index contributed by atoms with van der Waals surface area (Å²) in [4.78, 5) is 23.4. The first-order valence-corrected chi connectivity index (χ1v) is 12.9. The number of halogens is 3. The van der Waals surface area contributed by atoms with Gasteiger partial charge in [0.15, 0.2) is 6.61 Å². The minimum atomic E-state index is -4.24. The SMILES string of the molecule is C=CC(C)(C)C(F)(F)COC(=O)Nc1ccc2c(c1)N(S(=O)(=O)c1ccc(F)cc1)C[C@H](CNC(C)=O)O2. The van der Waals surface area contributed by atoms with Crippen molar-refractivity contribution in [1.82, 2.24) is 5.32 Å². The van der Waals surface area contributed by atoms with Gasteiger partial charge in [-0.3, -0.25) is 14.4 Å². The Balaban J connectivity index is 1.88. The van der Waals surface area contributed by atoms with Gasteiger partial charge < -0.3 is 14.8 Å². The number of nitrogens with one attached hydrogen (secondary N) is 2. The highest BCUT2D eigenvalue weighted by molar-refractivity contribution is 7.92. The number of benzene rings is 2. The number of hydrogen-bond acceptors (Lipinski definition) is 6. The highest BCUT2D eigenvalue weighted by Gasteiger charge is 2.45. The number of allylic oxidation sites excluding steroid dienone is 1. The molecule has 0 saturated carbocycles. The van der Waals surface area contributed by atoms with Gasteiger partial charge in [-0.05, 0) is 42.5 Å². The molecule has 9 nitrogen and oxygen atoms in total. The number of anilines is 2. The van der Waals surface area contributed by atoms with Gasteiger partial charge in [0.1, 0.15) is 17.7 Å². The van der Waals surface area contributed by atoms with Crippen molar-refractivity contribution < 1.29 is 40.7 Å². The Labute approximate surface area is 218 Å². The second-order valence-corrected chi connectivity index (χ2v) is 11.0. The summed E-state index contributed by atoms with van der Waals surface area (Å²) in [7, 11) is -4.24. The fourth-order valence-corrected chi connectivity index (χ4v) is 4.86. The second-order valence-electron chi connectivity index (χ2n) is 9.18. The van der Waals surface area contributed by atoms with Gasteiger partial charge in [0.2, 0.25) is 5.91 Å². The van der Waals surface area contributed by atoms with E-state index in [1.165, 1.54) is 39.0 Å². The lowest BCUT2D eigenvalue weighted by Gasteiger charge is -2.35. The second kappa shape index (κ2) is 10.9. The van der Waals surface area contributed by atoms with Crippen LogP contribution in [0.5, 0.6) is 5.75 Å². The number of carbonyl (C=O) groups excluding carboxylic acids is 2. The Morgan fingerprint density at radius 1 is 1.21 bits per heavy atom. The third-order valence-corrected chi connectivity index (χ3v) is 7.75. The first-order chi connectivity index (χ1) is 17.7. The molecule has 0 aliphatic carbocycles. The molecule has 0 radical (unpaired) electrons. The number of carbonyl (C=O) groups is 2. The molecule has 0 spiro atoms. The topological polar surface area (TPSA) is 114 Å². The highest BCUT2D eigenvalue weighted by atomic mass is 32.2. The van der Waals surface area contributed by atoms with Gasteiger partial charge in [-0.25, -0.2) is 26.4 Å². The first-order valence-electron chi connectivity index (χ1n) is 11.4. The molecule has 1 aliphatic rings. The van der Waals surface area contributed by atoms with Crippen LogP contribution in [-0.4, -0.2) is 52.1 Å². The minimum absolute atomic E-state index is 0.00576. The molecule has 0 fully saturated rings. The Hall–Kier alpha value is -3.74. The third kappa shape index (κ3) is 6.39. The average molecular weight is 556 g/mol. The molecule has 0 unspecified atom stereocenters. The molecule has 3 rings (SSSR count). The van der Waals surface area contributed by atoms with Crippen LogP contribution < -0.4 is 19.7 Å². The lowest BCUT2D eigenvalue weighted by molar-refractivity contribution is -0.119. The number of fused-ring (bicyclic) bond motifs is 1. The van der Waals surface area contributed by atoms with E-state index in [-0.39, 0.29) is 41.0 Å². The molecule has 2 N–H and O–H groups in total. The smallest absolute Gasteiger partial charge is 0.411 e. The van der Waals surface area contributed by atoms with Crippen LogP contribution in [0, 0.1) is 11.2 Å². The average Bonchev–Trinajstić information content (AvgIpc) is 2.86. The molecule has 38 heavy (non-hydrogen) atoms. The van der Waals surface area contributed by atoms with Gasteiger partial charge in [0, 0.05) is 18.0 Å². The van der Waals surface area contributed by atoms with Gasteiger partial charge in [0.25, 0.3) is 15.9 Å². The maximum Gasteiger partial charge on any atom is 0.411 e.